The van der Waals surface area contributed by atoms with Crippen molar-refractivity contribution < 1.29 is 4.42 Å². The van der Waals surface area contributed by atoms with Gasteiger partial charge in [-0.25, -0.2) is 0 Å². The maximum absolute atomic E-state index is 5.53. The Morgan fingerprint density at radius 1 is 1.44 bits per heavy atom. The van der Waals surface area contributed by atoms with Crippen LogP contribution in [0.5, 0.6) is 0 Å². The summed E-state index contributed by atoms with van der Waals surface area (Å²) in [7, 11) is 1.92. The Morgan fingerprint density at radius 3 is 2.75 bits per heavy atom. The van der Waals surface area contributed by atoms with Crippen molar-refractivity contribution in [1.82, 2.24) is 10.3 Å². The lowest BCUT2D eigenvalue weighted by molar-refractivity contribution is 0.340. The van der Waals surface area contributed by atoms with Gasteiger partial charge in [-0.2, -0.15) is 4.98 Å². The third-order valence-electron chi connectivity index (χ3n) is 3.04. The third kappa shape index (κ3) is 2.55. The van der Waals surface area contributed by atoms with Gasteiger partial charge in [0.25, 0.3) is 6.01 Å². The second-order valence-electron chi connectivity index (χ2n) is 5.00. The first-order valence-electron chi connectivity index (χ1n) is 6.03. The largest absolute Gasteiger partial charge is 0.432 e. The van der Waals surface area contributed by atoms with E-state index in [0.717, 1.165) is 43.2 Å². The molecule has 2 heterocycles. The van der Waals surface area contributed by atoms with E-state index in [1.54, 1.807) is 6.26 Å². The van der Waals surface area contributed by atoms with Gasteiger partial charge in [0, 0.05) is 19.6 Å². The van der Waals surface area contributed by atoms with E-state index in [1.165, 1.54) is 6.42 Å². The van der Waals surface area contributed by atoms with Crippen molar-refractivity contribution in [3.63, 3.8) is 0 Å². The molecule has 1 N–H and O–H groups in total. The van der Waals surface area contributed by atoms with Gasteiger partial charge in [-0.1, -0.05) is 13.8 Å². The normalized spacial score (nSPS) is 26.1. The first-order chi connectivity index (χ1) is 7.69. The molecule has 1 aliphatic heterocycles. The van der Waals surface area contributed by atoms with Crippen molar-refractivity contribution in [3.8, 4) is 0 Å². The summed E-state index contributed by atoms with van der Waals surface area (Å²) in [5.74, 6) is 1.45. The van der Waals surface area contributed by atoms with Crippen LogP contribution in [0.2, 0.25) is 0 Å². The Kier molecular flexibility index (Phi) is 3.49. The Bertz CT molecular complexity index is 327. The molecule has 0 spiro atoms. The van der Waals surface area contributed by atoms with Gasteiger partial charge in [0.05, 0.1) is 5.69 Å². The minimum atomic E-state index is 0.725. The van der Waals surface area contributed by atoms with Crippen LogP contribution >= 0.6 is 0 Å². The van der Waals surface area contributed by atoms with Crippen molar-refractivity contribution >= 4 is 6.01 Å². The molecule has 2 unspecified atom stereocenters. The summed E-state index contributed by atoms with van der Waals surface area (Å²) in [4.78, 5) is 6.75. The Hall–Kier alpha value is -1.03. The lowest BCUT2D eigenvalue weighted by Crippen LogP contribution is -2.38. The summed E-state index contributed by atoms with van der Waals surface area (Å²) in [5.41, 5.74) is 0.975. The second-order valence-corrected chi connectivity index (χ2v) is 5.00. The lowest BCUT2D eigenvalue weighted by Gasteiger charge is -2.33. The Balaban J connectivity index is 2.04. The number of piperidine rings is 1. The zero-order valence-electron chi connectivity index (χ0n) is 10.4. The number of anilines is 1. The van der Waals surface area contributed by atoms with Gasteiger partial charge in [-0.05, 0) is 25.3 Å². The Morgan fingerprint density at radius 2 is 2.12 bits per heavy atom. The van der Waals surface area contributed by atoms with Gasteiger partial charge in [0.15, 0.2) is 0 Å². The van der Waals surface area contributed by atoms with Crippen molar-refractivity contribution in [3.05, 3.63) is 12.0 Å². The highest BCUT2D eigenvalue weighted by atomic mass is 16.4. The van der Waals surface area contributed by atoms with E-state index in [2.05, 4.69) is 29.0 Å². The second kappa shape index (κ2) is 4.87. The lowest BCUT2D eigenvalue weighted by atomic mass is 9.92. The van der Waals surface area contributed by atoms with E-state index in [1.807, 2.05) is 7.05 Å². The number of nitrogens with one attached hydrogen (secondary N) is 1. The standard InChI is InChI=1S/C12H21N3O/c1-9-4-10(2)7-15(6-9)12-14-11(5-13-3)8-16-12/h8-10,13H,4-7H2,1-3H3. The first-order valence-corrected chi connectivity index (χ1v) is 6.03. The van der Waals surface area contributed by atoms with Gasteiger partial charge >= 0.3 is 0 Å². The topological polar surface area (TPSA) is 41.3 Å². The Labute approximate surface area is 97.0 Å². The molecule has 4 nitrogen and oxygen atoms in total. The highest BCUT2D eigenvalue weighted by molar-refractivity contribution is 5.28. The zero-order chi connectivity index (χ0) is 11.5. The van der Waals surface area contributed by atoms with Gasteiger partial charge in [-0.15, -0.1) is 0 Å². The van der Waals surface area contributed by atoms with E-state index in [4.69, 9.17) is 4.42 Å². The molecule has 0 bridgehead atoms. The molecule has 1 aliphatic rings. The minimum Gasteiger partial charge on any atom is -0.432 e. The van der Waals surface area contributed by atoms with Crippen LogP contribution in [0.15, 0.2) is 10.7 Å². The van der Waals surface area contributed by atoms with Crippen LogP contribution in [0.4, 0.5) is 6.01 Å². The summed E-state index contributed by atoms with van der Waals surface area (Å²) < 4.78 is 5.53. The van der Waals surface area contributed by atoms with E-state index in [9.17, 15) is 0 Å². The van der Waals surface area contributed by atoms with Crippen LogP contribution in [0, 0.1) is 11.8 Å². The molecule has 4 heteroatoms. The maximum Gasteiger partial charge on any atom is 0.297 e. The summed E-state index contributed by atoms with van der Waals surface area (Å²) in [6.45, 7) is 7.47. The summed E-state index contributed by atoms with van der Waals surface area (Å²) in [5, 5.41) is 3.08. The van der Waals surface area contributed by atoms with Crippen molar-refractivity contribution in [2.45, 2.75) is 26.8 Å². The smallest absolute Gasteiger partial charge is 0.297 e. The third-order valence-corrected chi connectivity index (χ3v) is 3.04. The molecule has 1 aromatic heterocycles. The van der Waals surface area contributed by atoms with Crippen molar-refractivity contribution in [2.24, 2.45) is 11.8 Å². The molecule has 2 rings (SSSR count). The van der Waals surface area contributed by atoms with Crippen LogP contribution < -0.4 is 10.2 Å². The fourth-order valence-electron chi connectivity index (χ4n) is 2.52. The molecule has 1 fully saturated rings. The molecule has 0 amide bonds. The molecular weight excluding hydrogens is 202 g/mol. The molecule has 1 aromatic rings. The van der Waals surface area contributed by atoms with E-state index < -0.39 is 0 Å². The van der Waals surface area contributed by atoms with Crippen LogP contribution in [0.1, 0.15) is 26.0 Å². The van der Waals surface area contributed by atoms with Crippen LogP contribution in [0.3, 0.4) is 0 Å². The molecule has 16 heavy (non-hydrogen) atoms. The van der Waals surface area contributed by atoms with Gasteiger partial charge in [0.1, 0.15) is 6.26 Å². The molecule has 90 valence electrons. The summed E-state index contributed by atoms with van der Waals surface area (Å²) in [6, 6.07) is 0.781. The van der Waals surface area contributed by atoms with Crippen LogP contribution in [0.25, 0.3) is 0 Å². The quantitative estimate of drug-likeness (QED) is 0.849. The molecule has 1 saturated heterocycles. The number of oxazole rings is 1. The number of hydrogen-bond acceptors (Lipinski definition) is 4. The zero-order valence-corrected chi connectivity index (χ0v) is 10.4. The molecule has 0 aliphatic carbocycles. The summed E-state index contributed by atoms with van der Waals surface area (Å²) >= 11 is 0. The van der Waals surface area contributed by atoms with Crippen molar-refractivity contribution in [1.29, 1.82) is 0 Å². The van der Waals surface area contributed by atoms with E-state index >= 15 is 0 Å². The molecule has 2 atom stereocenters. The fraction of sp³-hybridized carbons (Fsp3) is 0.750. The average Bonchev–Trinajstić information content (AvgIpc) is 2.65. The predicted molar refractivity (Wildman–Crippen MR) is 64.4 cm³/mol. The highest BCUT2D eigenvalue weighted by Gasteiger charge is 2.24. The van der Waals surface area contributed by atoms with Crippen molar-refractivity contribution in [2.75, 3.05) is 25.0 Å². The molecule has 0 radical (unpaired) electrons. The number of nitrogens with zero attached hydrogens (tertiary/aromatic N) is 2. The maximum atomic E-state index is 5.53. The van der Waals surface area contributed by atoms with Gasteiger partial charge in [0.2, 0.25) is 0 Å². The predicted octanol–water partition coefficient (Wildman–Crippen LogP) is 1.88. The highest BCUT2D eigenvalue weighted by Crippen LogP contribution is 2.25. The number of aromatic nitrogens is 1. The monoisotopic (exact) mass is 223 g/mol. The van der Waals surface area contributed by atoms with Crippen LogP contribution in [-0.2, 0) is 6.54 Å². The minimum absolute atomic E-state index is 0.725. The molecular formula is C12H21N3O. The van der Waals surface area contributed by atoms with Gasteiger partial charge < -0.3 is 14.6 Å². The SMILES string of the molecule is CNCc1coc(N2CC(C)CC(C)C2)n1. The van der Waals surface area contributed by atoms with Gasteiger partial charge in [-0.3, -0.25) is 0 Å². The number of hydrogen-bond donors (Lipinski definition) is 1. The van der Waals surface area contributed by atoms with E-state index in [-0.39, 0.29) is 0 Å². The first kappa shape index (κ1) is 11.5. The molecule has 0 aromatic carbocycles. The average molecular weight is 223 g/mol. The molecule has 0 saturated carbocycles. The summed E-state index contributed by atoms with van der Waals surface area (Å²) in [6.07, 6.45) is 3.05. The van der Waals surface area contributed by atoms with E-state index in [0.29, 0.717) is 0 Å². The fourth-order valence-corrected chi connectivity index (χ4v) is 2.52. The van der Waals surface area contributed by atoms with Crippen LogP contribution in [-0.4, -0.2) is 25.1 Å². The number of rotatable bonds is 3.